The highest BCUT2D eigenvalue weighted by atomic mass is 32.1. The number of carbonyl (C=O) groups is 2. The molecule has 4 aromatic rings. The fourth-order valence-corrected chi connectivity index (χ4v) is 8.83. The summed E-state index contributed by atoms with van der Waals surface area (Å²) in [5.74, 6) is 1.19. The highest BCUT2D eigenvalue weighted by molar-refractivity contribution is 7.19. The SMILES string of the molecule is Cc1cc(C)cc(-c2[nH]c3sc(C(C)(C)C(=O)N4C5CCC4CC5)cc3c2C(=O)CN2CCC(Oc3ccncc3)CC2)c1. The topological polar surface area (TPSA) is 78.5 Å². The van der Waals surface area contributed by atoms with E-state index in [1.165, 1.54) is 11.1 Å². The maximum absolute atomic E-state index is 14.3. The lowest BCUT2D eigenvalue weighted by Crippen LogP contribution is -2.45. The number of likely N-dealkylation sites (tertiary alicyclic amines) is 1. The second-order valence-corrected chi connectivity index (χ2v) is 14.7. The zero-order valence-electron chi connectivity index (χ0n) is 26.2. The van der Waals surface area contributed by atoms with Crippen molar-refractivity contribution < 1.29 is 14.3 Å². The van der Waals surface area contributed by atoms with Crippen LogP contribution >= 0.6 is 11.3 Å². The highest BCUT2D eigenvalue weighted by Gasteiger charge is 2.47. The van der Waals surface area contributed by atoms with Crippen molar-refractivity contribution in [3.05, 3.63) is 70.4 Å². The van der Waals surface area contributed by atoms with Gasteiger partial charge in [0.1, 0.15) is 16.7 Å². The standard InChI is InChI=1S/C36H42N4O3S/c1-22-17-23(2)19-24(18-22)33-32(30(41)21-39-15-11-28(12-16-39)43-27-9-13-37-14-10-27)29-20-31(44-34(29)38-33)36(3,4)35(42)40-25-5-6-26(40)8-7-25/h9-10,13-14,17-20,25-26,28,38H,5-8,11-12,15-16,21H2,1-4H3. The maximum atomic E-state index is 14.3. The largest absolute Gasteiger partial charge is 0.490 e. The van der Waals surface area contributed by atoms with E-state index in [9.17, 15) is 9.59 Å². The number of hydrogen-bond acceptors (Lipinski definition) is 6. The van der Waals surface area contributed by atoms with Gasteiger partial charge in [-0.2, -0.15) is 0 Å². The van der Waals surface area contributed by atoms with E-state index in [2.05, 4.69) is 71.7 Å². The number of nitrogens with zero attached hydrogens (tertiary/aromatic N) is 3. The Morgan fingerprint density at radius 1 is 0.955 bits per heavy atom. The van der Waals surface area contributed by atoms with Gasteiger partial charge in [-0.3, -0.25) is 19.5 Å². The number of H-pyrrole nitrogens is 1. The maximum Gasteiger partial charge on any atom is 0.233 e. The van der Waals surface area contributed by atoms with Crippen LogP contribution in [0.3, 0.4) is 0 Å². The van der Waals surface area contributed by atoms with E-state index < -0.39 is 5.41 Å². The van der Waals surface area contributed by atoms with Crippen molar-refractivity contribution in [2.24, 2.45) is 0 Å². The van der Waals surface area contributed by atoms with Gasteiger partial charge in [-0.25, -0.2) is 0 Å². The molecule has 44 heavy (non-hydrogen) atoms. The average molecular weight is 611 g/mol. The molecule has 1 amide bonds. The number of rotatable bonds is 8. The summed E-state index contributed by atoms with van der Waals surface area (Å²) in [6, 6.07) is 13.2. The summed E-state index contributed by atoms with van der Waals surface area (Å²) < 4.78 is 6.16. The van der Waals surface area contributed by atoms with E-state index in [4.69, 9.17) is 4.74 Å². The third kappa shape index (κ3) is 5.36. The minimum absolute atomic E-state index is 0.116. The Kier molecular flexibility index (Phi) is 7.61. The number of aromatic amines is 1. The molecule has 1 N–H and O–H groups in total. The van der Waals surface area contributed by atoms with Crippen LogP contribution in [0.1, 0.15) is 78.7 Å². The van der Waals surface area contributed by atoms with Crippen molar-refractivity contribution >= 4 is 33.2 Å². The summed E-state index contributed by atoms with van der Waals surface area (Å²) in [4.78, 5) is 42.3. The van der Waals surface area contributed by atoms with Crippen LogP contribution < -0.4 is 4.74 Å². The highest BCUT2D eigenvalue weighted by Crippen LogP contribution is 2.44. The monoisotopic (exact) mass is 610 g/mol. The van der Waals surface area contributed by atoms with Gasteiger partial charge < -0.3 is 14.6 Å². The Morgan fingerprint density at radius 3 is 2.23 bits per heavy atom. The van der Waals surface area contributed by atoms with E-state index in [1.807, 2.05) is 12.1 Å². The van der Waals surface area contributed by atoms with Crippen LogP contribution in [0.4, 0.5) is 0 Å². The number of aromatic nitrogens is 2. The number of thiophene rings is 1. The minimum atomic E-state index is -0.646. The average Bonchev–Trinajstić information content (AvgIpc) is 3.78. The van der Waals surface area contributed by atoms with Gasteiger partial charge in [0, 0.05) is 47.8 Å². The quantitative estimate of drug-likeness (QED) is 0.216. The van der Waals surface area contributed by atoms with E-state index >= 15 is 0 Å². The summed E-state index contributed by atoms with van der Waals surface area (Å²) in [6.45, 7) is 10.3. The lowest BCUT2D eigenvalue weighted by molar-refractivity contribution is -0.137. The number of carbonyl (C=O) groups excluding carboxylic acids is 2. The molecule has 1 aromatic carbocycles. The van der Waals surface area contributed by atoms with E-state index in [0.717, 1.165) is 89.3 Å². The molecule has 3 aromatic heterocycles. The summed E-state index contributed by atoms with van der Waals surface area (Å²) in [7, 11) is 0. The number of ketones is 1. The molecule has 0 atom stereocenters. The van der Waals surface area contributed by atoms with Gasteiger partial charge in [0.05, 0.1) is 23.2 Å². The Labute approximate surface area is 263 Å². The fraction of sp³-hybridized carbons (Fsp3) is 0.472. The molecule has 0 spiro atoms. The second kappa shape index (κ2) is 11.5. The number of piperidine rings is 1. The van der Waals surface area contributed by atoms with Gasteiger partial charge in [-0.1, -0.05) is 17.2 Å². The van der Waals surface area contributed by atoms with Crippen molar-refractivity contribution in [1.82, 2.24) is 19.8 Å². The third-order valence-electron chi connectivity index (χ3n) is 9.97. The number of amides is 1. The molecule has 3 saturated heterocycles. The van der Waals surface area contributed by atoms with Crippen molar-refractivity contribution in [3.63, 3.8) is 0 Å². The number of benzene rings is 1. The number of fused-ring (bicyclic) bond motifs is 3. The number of hydrogen-bond donors (Lipinski definition) is 1. The van der Waals surface area contributed by atoms with E-state index in [0.29, 0.717) is 18.6 Å². The lowest BCUT2D eigenvalue weighted by Gasteiger charge is -2.32. The predicted octanol–water partition coefficient (Wildman–Crippen LogP) is 7.07. The van der Waals surface area contributed by atoms with Gasteiger partial charge in [0.25, 0.3) is 0 Å². The smallest absolute Gasteiger partial charge is 0.233 e. The number of Topliss-reactive ketones (excluding diaryl/α,β-unsaturated/α-hetero) is 1. The van der Waals surface area contributed by atoms with Crippen LogP contribution in [-0.2, 0) is 10.2 Å². The van der Waals surface area contributed by atoms with Crippen molar-refractivity contribution in [2.45, 2.75) is 89.8 Å². The molecule has 6 heterocycles. The Balaban J connectivity index is 1.16. The van der Waals surface area contributed by atoms with Crippen LogP contribution in [0.5, 0.6) is 5.75 Å². The summed E-state index contributed by atoms with van der Waals surface area (Å²) in [5.41, 5.74) is 4.34. The number of pyridine rings is 1. The summed E-state index contributed by atoms with van der Waals surface area (Å²) in [6.07, 6.45) is 9.89. The van der Waals surface area contributed by atoms with Crippen LogP contribution in [0.25, 0.3) is 21.5 Å². The van der Waals surface area contributed by atoms with Crippen LogP contribution in [-0.4, -0.2) is 69.3 Å². The molecule has 0 aliphatic carbocycles. The second-order valence-electron chi connectivity index (χ2n) is 13.6. The Bertz CT molecular complexity index is 1660. The van der Waals surface area contributed by atoms with Gasteiger partial charge in [0.2, 0.25) is 5.91 Å². The molecule has 3 aliphatic rings. The molecule has 3 fully saturated rings. The first kappa shape index (κ1) is 29.2. The molecule has 0 saturated carbocycles. The zero-order chi connectivity index (χ0) is 30.6. The molecular formula is C36H42N4O3S. The fourth-order valence-electron chi connectivity index (χ4n) is 7.66. The number of nitrogens with one attached hydrogen (secondary N) is 1. The van der Waals surface area contributed by atoms with Crippen LogP contribution in [0.2, 0.25) is 0 Å². The van der Waals surface area contributed by atoms with Crippen molar-refractivity contribution in [3.8, 4) is 17.0 Å². The van der Waals surface area contributed by atoms with Gasteiger partial charge in [-0.15, -0.1) is 11.3 Å². The Hall–Kier alpha value is -3.49. The first-order chi connectivity index (χ1) is 21.2. The zero-order valence-corrected chi connectivity index (χ0v) is 27.0. The normalized spacial score (nSPS) is 21.0. The molecule has 2 bridgehead atoms. The molecule has 0 unspecified atom stereocenters. The molecule has 0 radical (unpaired) electrons. The molecule has 230 valence electrons. The first-order valence-corrected chi connectivity index (χ1v) is 16.9. The first-order valence-electron chi connectivity index (χ1n) is 16.1. The van der Waals surface area contributed by atoms with E-state index in [1.54, 1.807) is 23.7 Å². The van der Waals surface area contributed by atoms with Crippen LogP contribution in [0.15, 0.2) is 48.8 Å². The van der Waals surface area contributed by atoms with Crippen molar-refractivity contribution in [1.29, 1.82) is 0 Å². The summed E-state index contributed by atoms with van der Waals surface area (Å²) >= 11 is 1.63. The molecule has 3 aliphatic heterocycles. The van der Waals surface area contributed by atoms with Crippen LogP contribution in [0, 0.1) is 13.8 Å². The van der Waals surface area contributed by atoms with Crippen molar-refractivity contribution in [2.75, 3.05) is 19.6 Å². The number of ether oxygens (including phenoxy) is 1. The number of aryl methyl sites for hydroxylation is 2. The molecule has 7 rings (SSSR count). The van der Waals surface area contributed by atoms with Gasteiger partial charge >= 0.3 is 0 Å². The molecule has 7 nitrogen and oxygen atoms in total. The minimum Gasteiger partial charge on any atom is -0.490 e. The van der Waals surface area contributed by atoms with E-state index in [-0.39, 0.29) is 17.8 Å². The van der Waals surface area contributed by atoms with Gasteiger partial charge in [0.15, 0.2) is 5.78 Å². The van der Waals surface area contributed by atoms with Gasteiger partial charge in [-0.05, 0) is 102 Å². The third-order valence-corrected chi connectivity index (χ3v) is 11.3. The lowest BCUT2D eigenvalue weighted by atomic mass is 9.88. The molecular weight excluding hydrogens is 568 g/mol. The Morgan fingerprint density at radius 2 is 1.59 bits per heavy atom. The summed E-state index contributed by atoms with van der Waals surface area (Å²) in [5, 5.41) is 0.935. The molecule has 8 heteroatoms. The predicted molar refractivity (Wildman–Crippen MR) is 176 cm³/mol.